The van der Waals surface area contributed by atoms with Gasteiger partial charge in [0.2, 0.25) is 11.8 Å². The minimum absolute atomic E-state index is 0.0160. The maximum absolute atomic E-state index is 13.8. The van der Waals surface area contributed by atoms with E-state index in [0.717, 1.165) is 22.7 Å². The van der Waals surface area contributed by atoms with Crippen molar-refractivity contribution in [3.05, 3.63) is 94.5 Å². The summed E-state index contributed by atoms with van der Waals surface area (Å²) >= 11 is 12.4. The molecule has 3 rings (SSSR count). The Morgan fingerprint density at radius 1 is 0.921 bits per heavy atom. The summed E-state index contributed by atoms with van der Waals surface area (Å²) in [6.45, 7) is 3.65. The molecule has 38 heavy (non-hydrogen) atoms. The van der Waals surface area contributed by atoms with Crippen LogP contribution in [-0.2, 0) is 26.2 Å². The first-order chi connectivity index (χ1) is 18.1. The van der Waals surface area contributed by atoms with Gasteiger partial charge in [-0.25, -0.2) is 8.42 Å². The van der Waals surface area contributed by atoms with Gasteiger partial charge < -0.3 is 10.2 Å². The van der Waals surface area contributed by atoms with E-state index in [9.17, 15) is 18.0 Å². The Kier molecular flexibility index (Phi) is 10.6. The molecule has 2 amide bonds. The van der Waals surface area contributed by atoms with Gasteiger partial charge >= 0.3 is 0 Å². The van der Waals surface area contributed by atoms with E-state index in [-0.39, 0.29) is 28.1 Å². The molecule has 0 aromatic heterocycles. The number of amides is 2. The Balaban J connectivity index is 1.99. The van der Waals surface area contributed by atoms with Gasteiger partial charge in [-0.15, -0.1) is 0 Å². The van der Waals surface area contributed by atoms with Crippen LogP contribution in [0.2, 0.25) is 10.0 Å². The highest BCUT2D eigenvalue weighted by Crippen LogP contribution is 2.30. The molecular formula is C28H31Cl2N3O4S. The van der Waals surface area contributed by atoms with Crippen molar-refractivity contribution >= 4 is 50.7 Å². The molecule has 202 valence electrons. The molecule has 10 heteroatoms. The Morgan fingerprint density at radius 2 is 1.55 bits per heavy atom. The summed E-state index contributed by atoms with van der Waals surface area (Å²) in [7, 11) is -4.16. The molecule has 1 unspecified atom stereocenters. The van der Waals surface area contributed by atoms with E-state index in [1.807, 2.05) is 6.92 Å². The van der Waals surface area contributed by atoms with Crippen molar-refractivity contribution in [1.29, 1.82) is 0 Å². The highest BCUT2D eigenvalue weighted by Gasteiger charge is 2.33. The molecule has 0 aliphatic rings. The average Bonchev–Trinajstić information content (AvgIpc) is 2.92. The molecule has 0 saturated heterocycles. The van der Waals surface area contributed by atoms with Crippen LogP contribution in [0.5, 0.6) is 0 Å². The molecule has 1 N–H and O–H groups in total. The normalized spacial score (nSPS) is 12.0. The predicted octanol–water partition coefficient (Wildman–Crippen LogP) is 5.52. The van der Waals surface area contributed by atoms with E-state index < -0.39 is 28.5 Å². The van der Waals surface area contributed by atoms with E-state index in [2.05, 4.69) is 5.32 Å². The predicted molar refractivity (Wildman–Crippen MR) is 152 cm³/mol. The maximum atomic E-state index is 13.8. The highest BCUT2D eigenvalue weighted by atomic mass is 35.5. The number of halogens is 2. The number of nitrogens with one attached hydrogen (secondary N) is 1. The maximum Gasteiger partial charge on any atom is 0.264 e. The Bertz CT molecular complexity index is 1340. The zero-order valence-corrected chi connectivity index (χ0v) is 23.6. The summed E-state index contributed by atoms with van der Waals surface area (Å²) in [5.41, 5.74) is 0.907. The second-order valence-electron chi connectivity index (χ2n) is 8.74. The Morgan fingerprint density at radius 3 is 2.18 bits per heavy atom. The molecule has 0 spiro atoms. The number of hydrogen-bond acceptors (Lipinski definition) is 4. The van der Waals surface area contributed by atoms with Crippen molar-refractivity contribution < 1.29 is 18.0 Å². The van der Waals surface area contributed by atoms with E-state index in [4.69, 9.17) is 23.2 Å². The molecule has 0 aliphatic heterocycles. The molecule has 0 bridgehead atoms. The molecule has 0 aliphatic carbocycles. The molecule has 0 fully saturated rings. The van der Waals surface area contributed by atoms with Gasteiger partial charge in [0, 0.05) is 18.1 Å². The first-order valence-electron chi connectivity index (χ1n) is 12.3. The topological polar surface area (TPSA) is 86.8 Å². The number of rotatable bonds is 12. The monoisotopic (exact) mass is 575 g/mol. The van der Waals surface area contributed by atoms with E-state index in [1.54, 1.807) is 73.7 Å². The second kappa shape index (κ2) is 13.6. The lowest BCUT2D eigenvalue weighted by Crippen LogP contribution is -2.51. The quantitative estimate of drug-likeness (QED) is 0.288. The minimum Gasteiger partial charge on any atom is -0.354 e. The summed E-state index contributed by atoms with van der Waals surface area (Å²) in [6.07, 6.45) is 1.71. The van der Waals surface area contributed by atoms with Crippen LogP contribution in [0.4, 0.5) is 5.69 Å². The molecule has 1 atom stereocenters. The van der Waals surface area contributed by atoms with E-state index in [1.165, 1.54) is 17.0 Å². The highest BCUT2D eigenvalue weighted by molar-refractivity contribution is 7.92. The van der Waals surface area contributed by atoms with Crippen LogP contribution < -0.4 is 9.62 Å². The SMILES string of the molecule is CCCCNC(=O)C(C)N(Cc1ccc(Cl)cc1)C(=O)CN(c1ccccc1Cl)S(=O)(=O)c1ccccc1. The lowest BCUT2D eigenvalue weighted by atomic mass is 10.1. The molecule has 0 heterocycles. The summed E-state index contributed by atoms with van der Waals surface area (Å²) < 4.78 is 28.4. The third kappa shape index (κ3) is 7.49. The van der Waals surface area contributed by atoms with Crippen molar-refractivity contribution in [1.82, 2.24) is 10.2 Å². The van der Waals surface area contributed by atoms with Gasteiger partial charge in [0.25, 0.3) is 10.0 Å². The van der Waals surface area contributed by atoms with E-state index >= 15 is 0 Å². The lowest BCUT2D eigenvalue weighted by molar-refractivity contribution is -0.139. The molecule has 0 radical (unpaired) electrons. The number of carbonyl (C=O) groups excluding carboxylic acids is 2. The van der Waals surface area contributed by atoms with Crippen LogP contribution in [-0.4, -0.2) is 44.3 Å². The summed E-state index contributed by atoms with van der Waals surface area (Å²) in [6, 6.07) is 20.3. The van der Waals surface area contributed by atoms with Crippen LogP contribution in [0.25, 0.3) is 0 Å². The van der Waals surface area contributed by atoms with Crippen molar-refractivity contribution in [2.75, 3.05) is 17.4 Å². The number of hydrogen-bond donors (Lipinski definition) is 1. The van der Waals surface area contributed by atoms with Crippen LogP contribution in [0.3, 0.4) is 0 Å². The van der Waals surface area contributed by atoms with Gasteiger partial charge in [-0.1, -0.05) is 79.0 Å². The van der Waals surface area contributed by atoms with Gasteiger partial charge in [-0.3, -0.25) is 13.9 Å². The van der Waals surface area contributed by atoms with Crippen LogP contribution in [0.15, 0.2) is 83.8 Å². The Labute approximate surface area is 234 Å². The van der Waals surface area contributed by atoms with Gasteiger partial charge in [0.1, 0.15) is 12.6 Å². The van der Waals surface area contributed by atoms with Crippen molar-refractivity contribution in [2.45, 2.75) is 44.2 Å². The molecule has 0 saturated carbocycles. The Hall–Kier alpha value is -3.07. The van der Waals surface area contributed by atoms with Gasteiger partial charge in [0.05, 0.1) is 15.6 Å². The zero-order chi connectivity index (χ0) is 27.7. The second-order valence-corrected chi connectivity index (χ2v) is 11.5. The number of benzene rings is 3. The number of anilines is 1. The minimum atomic E-state index is -4.16. The van der Waals surface area contributed by atoms with Gasteiger partial charge in [0.15, 0.2) is 0 Å². The summed E-state index contributed by atoms with van der Waals surface area (Å²) in [5.74, 6) is -0.881. The molecule has 7 nitrogen and oxygen atoms in total. The first kappa shape index (κ1) is 29.5. The lowest BCUT2D eigenvalue weighted by Gasteiger charge is -2.32. The number of sulfonamides is 1. The van der Waals surface area contributed by atoms with Crippen molar-refractivity contribution in [3.63, 3.8) is 0 Å². The van der Waals surface area contributed by atoms with Crippen LogP contribution in [0, 0.1) is 0 Å². The number of carbonyl (C=O) groups is 2. The number of unbranched alkanes of at least 4 members (excludes halogenated alkanes) is 1. The third-order valence-corrected chi connectivity index (χ3v) is 8.34. The van der Waals surface area contributed by atoms with Gasteiger partial charge in [-0.05, 0) is 55.3 Å². The number of nitrogens with zero attached hydrogens (tertiary/aromatic N) is 2. The van der Waals surface area contributed by atoms with Crippen LogP contribution in [0.1, 0.15) is 32.3 Å². The average molecular weight is 577 g/mol. The van der Waals surface area contributed by atoms with Gasteiger partial charge in [-0.2, -0.15) is 0 Å². The fourth-order valence-corrected chi connectivity index (χ4v) is 5.66. The summed E-state index contributed by atoms with van der Waals surface area (Å²) in [5, 5.41) is 3.57. The first-order valence-corrected chi connectivity index (χ1v) is 14.5. The largest absolute Gasteiger partial charge is 0.354 e. The fraction of sp³-hybridized carbons (Fsp3) is 0.286. The standard InChI is InChI=1S/C28H31Cl2N3O4S/c1-3-4-18-31-28(35)21(2)32(19-22-14-16-23(29)17-15-22)27(34)20-33(26-13-9-8-12-25(26)30)38(36,37)24-10-6-5-7-11-24/h5-17,21H,3-4,18-20H2,1-2H3,(H,31,35). The molecule has 3 aromatic rings. The number of para-hydroxylation sites is 1. The molecular weight excluding hydrogens is 545 g/mol. The third-order valence-electron chi connectivity index (χ3n) is 5.99. The fourth-order valence-electron chi connectivity index (χ4n) is 3.79. The smallest absolute Gasteiger partial charge is 0.264 e. The van der Waals surface area contributed by atoms with Crippen LogP contribution >= 0.6 is 23.2 Å². The molecule has 3 aromatic carbocycles. The van der Waals surface area contributed by atoms with Crippen molar-refractivity contribution in [3.8, 4) is 0 Å². The van der Waals surface area contributed by atoms with E-state index in [0.29, 0.717) is 11.6 Å². The van der Waals surface area contributed by atoms with Crippen molar-refractivity contribution in [2.24, 2.45) is 0 Å². The summed E-state index contributed by atoms with van der Waals surface area (Å²) in [4.78, 5) is 28.2. The zero-order valence-electron chi connectivity index (χ0n) is 21.3.